The van der Waals surface area contributed by atoms with Crippen LogP contribution in [0, 0.1) is 0 Å². The van der Waals surface area contributed by atoms with Crippen LogP contribution in [0.4, 0.5) is 0 Å². The van der Waals surface area contributed by atoms with E-state index in [2.05, 4.69) is 5.32 Å². The number of fused-ring (bicyclic) bond motifs is 2. The van der Waals surface area contributed by atoms with Gasteiger partial charge >= 0.3 is 0 Å². The first-order chi connectivity index (χ1) is 12.2. The number of benzene rings is 1. The first-order valence-electron chi connectivity index (χ1n) is 8.68. The maximum absolute atomic E-state index is 12.5. The number of hydrogen-bond donors (Lipinski definition) is 1. The minimum Gasteiger partial charge on any atom is -0.486 e. The average molecular weight is 378 g/mol. The van der Waals surface area contributed by atoms with Gasteiger partial charge in [-0.15, -0.1) is 11.3 Å². The number of nitrogens with one attached hydrogen (secondary N) is 1. The predicted molar refractivity (Wildman–Crippen MR) is 99.4 cm³/mol. The van der Waals surface area contributed by atoms with Gasteiger partial charge in [-0.05, 0) is 55.4 Å². The maximum atomic E-state index is 12.5. The third-order valence-corrected chi connectivity index (χ3v) is 6.03. The van der Waals surface area contributed by atoms with Crippen LogP contribution in [0.25, 0.3) is 0 Å². The Hall–Kier alpha value is -1.72. The van der Waals surface area contributed by atoms with Gasteiger partial charge in [-0.25, -0.2) is 0 Å². The van der Waals surface area contributed by atoms with E-state index < -0.39 is 0 Å². The third-order valence-electron chi connectivity index (χ3n) is 4.66. The van der Waals surface area contributed by atoms with E-state index in [-0.39, 0.29) is 5.91 Å². The fourth-order valence-corrected chi connectivity index (χ4v) is 4.82. The molecule has 2 aromatic rings. The van der Waals surface area contributed by atoms with Crippen LogP contribution >= 0.6 is 22.9 Å². The van der Waals surface area contributed by atoms with E-state index in [4.69, 9.17) is 21.1 Å². The van der Waals surface area contributed by atoms with Crippen molar-refractivity contribution < 1.29 is 14.3 Å². The van der Waals surface area contributed by atoms with E-state index in [0.717, 1.165) is 24.0 Å². The molecule has 0 radical (unpaired) electrons. The molecule has 1 N–H and O–H groups in total. The zero-order valence-corrected chi connectivity index (χ0v) is 15.5. The Morgan fingerprint density at radius 2 is 2.04 bits per heavy atom. The van der Waals surface area contributed by atoms with Crippen molar-refractivity contribution in [3.8, 4) is 11.5 Å². The standard InChI is InChI=1S/C19H20ClNO3S/c20-15-9-12(10-16-18(15)24-8-7-23-16)5-6-21-19(22)14-11-25-17-4-2-1-3-13(14)17/h9-11H,1-8H2,(H,21,22). The maximum Gasteiger partial charge on any atom is 0.252 e. The van der Waals surface area contributed by atoms with Crippen LogP contribution < -0.4 is 14.8 Å². The highest BCUT2D eigenvalue weighted by molar-refractivity contribution is 7.10. The number of rotatable bonds is 4. The molecule has 1 aromatic heterocycles. The number of amides is 1. The molecule has 132 valence electrons. The lowest BCUT2D eigenvalue weighted by Crippen LogP contribution is -2.26. The largest absolute Gasteiger partial charge is 0.486 e. The minimum absolute atomic E-state index is 0.0306. The van der Waals surface area contributed by atoms with Crippen molar-refractivity contribution in [2.45, 2.75) is 32.1 Å². The molecule has 0 fully saturated rings. The molecular weight excluding hydrogens is 358 g/mol. The van der Waals surface area contributed by atoms with Crippen LogP contribution in [0.2, 0.25) is 5.02 Å². The molecule has 1 aliphatic heterocycles. The molecule has 0 bridgehead atoms. The number of ether oxygens (including phenoxy) is 2. The second-order valence-electron chi connectivity index (χ2n) is 6.37. The number of carbonyl (C=O) groups is 1. The fourth-order valence-electron chi connectivity index (χ4n) is 3.41. The highest BCUT2D eigenvalue weighted by atomic mass is 35.5. The van der Waals surface area contributed by atoms with Gasteiger partial charge in [0, 0.05) is 16.8 Å². The Bertz CT molecular complexity index is 802. The van der Waals surface area contributed by atoms with E-state index in [9.17, 15) is 4.79 Å². The molecule has 6 heteroatoms. The van der Waals surface area contributed by atoms with Gasteiger partial charge in [0.2, 0.25) is 0 Å². The molecule has 0 saturated carbocycles. The zero-order valence-electron chi connectivity index (χ0n) is 13.9. The van der Waals surface area contributed by atoms with Gasteiger partial charge in [-0.1, -0.05) is 11.6 Å². The van der Waals surface area contributed by atoms with Gasteiger partial charge in [0.05, 0.1) is 10.6 Å². The summed E-state index contributed by atoms with van der Waals surface area (Å²) in [6.07, 6.45) is 5.26. The predicted octanol–water partition coefficient (Wildman–Crippen LogP) is 4.02. The molecule has 2 aliphatic rings. The van der Waals surface area contributed by atoms with Gasteiger partial charge in [-0.3, -0.25) is 4.79 Å². The third kappa shape index (κ3) is 3.48. The van der Waals surface area contributed by atoms with Crippen molar-refractivity contribution in [2.24, 2.45) is 0 Å². The van der Waals surface area contributed by atoms with Crippen molar-refractivity contribution in [1.82, 2.24) is 5.32 Å². The van der Waals surface area contributed by atoms with Crippen LogP contribution in [0.1, 0.15) is 39.2 Å². The summed E-state index contributed by atoms with van der Waals surface area (Å²) in [4.78, 5) is 13.9. The van der Waals surface area contributed by atoms with E-state index in [1.54, 1.807) is 11.3 Å². The first-order valence-corrected chi connectivity index (χ1v) is 9.93. The molecule has 0 unspecified atom stereocenters. The SMILES string of the molecule is O=C(NCCc1cc(Cl)c2c(c1)OCCO2)c1csc2c1CCCC2. The number of hydrogen-bond acceptors (Lipinski definition) is 4. The van der Waals surface area contributed by atoms with Crippen LogP contribution in [0.5, 0.6) is 11.5 Å². The van der Waals surface area contributed by atoms with E-state index in [1.165, 1.54) is 23.3 Å². The molecule has 0 saturated heterocycles. The number of carbonyl (C=O) groups excluding carboxylic acids is 1. The fraction of sp³-hybridized carbons (Fsp3) is 0.421. The highest BCUT2D eigenvalue weighted by Crippen LogP contribution is 2.38. The lowest BCUT2D eigenvalue weighted by atomic mass is 9.95. The van der Waals surface area contributed by atoms with Gasteiger partial charge in [-0.2, -0.15) is 0 Å². The minimum atomic E-state index is 0.0306. The second-order valence-corrected chi connectivity index (χ2v) is 7.74. The lowest BCUT2D eigenvalue weighted by molar-refractivity contribution is 0.0953. The summed E-state index contributed by atoms with van der Waals surface area (Å²) in [7, 11) is 0. The molecular formula is C19H20ClNO3S. The highest BCUT2D eigenvalue weighted by Gasteiger charge is 2.20. The van der Waals surface area contributed by atoms with Crippen molar-refractivity contribution in [2.75, 3.05) is 19.8 Å². The quantitative estimate of drug-likeness (QED) is 0.875. The second kappa shape index (κ2) is 7.26. The van der Waals surface area contributed by atoms with Crippen LogP contribution in [-0.4, -0.2) is 25.7 Å². The summed E-state index contributed by atoms with van der Waals surface area (Å²) < 4.78 is 11.1. The zero-order chi connectivity index (χ0) is 17.2. The van der Waals surface area contributed by atoms with Crippen molar-refractivity contribution >= 4 is 28.8 Å². The van der Waals surface area contributed by atoms with E-state index in [1.807, 2.05) is 17.5 Å². The Labute approximate surface area is 156 Å². The molecule has 1 amide bonds. The number of aryl methyl sites for hydroxylation is 1. The Morgan fingerprint density at radius 1 is 1.20 bits per heavy atom. The molecule has 25 heavy (non-hydrogen) atoms. The van der Waals surface area contributed by atoms with Crippen LogP contribution in [0.15, 0.2) is 17.5 Å². The summed E-state index contributed by atoms with van der Waals surface area (Å²) in [6.45, 7) is 1.62. The van der Waals surface area contributed by atoms with E-state index >= 15 is 0 Å². The molecule has 1 aliphatic carbocycles. The Morgan fingerprint density at radius 3 is 2.96 bits per heavy atom. The summed E-state index contributed by atoms with van der Waals surface area (Å²) in [6, 6.07) is 3.83. The summed E-state index contributed by atoms with van der Waals surface area (Å²) >= 11 is 7.98. The van der Waals surface area contributed by atoms with E-state index in [0.29, 0.717) is 42.7 Å². The lowest BCUT2D eigenvalue weighted by Gasteiger charge is -2.20. The summed E-state index contributed by atoms with van der Waals surface area (Å²) in [5.41, 5.74) is 3.15. The smallest absolute Gasteiger partial charge is 0.252 e. The van der Waals surface area contributed by atoms with Gasteiger partial charge < -0.3 is 14.8 Å². The van der Waals surface area contributed by atoms with Gasteiger partial charge in [0.15, 0.2) is 11.5 Å². The normalized spacial score (nSPS) is 15.6. The monoisotopic (exact) mass is 377 g/mol. The molecule has 0 spiro atoms. The first kappa shape index (κ1) is 16.7. The Kier molecular flexibility index (Phi) is 4.86. The molecule has 4 nitrogen and oxygen atoms in total. The summed E-state index contributed by atoms with van der Waals surface area (Å²) in [5.74, 6) is 1.33. The van der Waals surface area contributed by atoms with Crippen molar-refractivity contribution in [3.63, 3.8) is 0 Å². The molecule has 4 rings (SSSR count). The Balaban J connectivity index is 1.38. The average Bonchev–Trinajstić information content (AvgIpc) is 3.06. The molecule has 2 heterocycles. The van der Waals surface area contributed by atoms with Gasteiger partial charge in [0.25, 0.3) is 5.91 Å². The molecule has 1 aromatic carbocycles. The van der Waals surface area contributed by atoms with Gasteiger partial charge in [0.1, 0.15) is 13.2 Å². The molecule has 0 atom stereocenters. The van der Waals surface area contributed by atoms with Crippen LogP contribution in [-0.2, 0) is 19.3 Å². The van der Waals surface area contributed by atoms with Crippen molar-refractivity contribution in [3.05, 3.63) is 44.1 Å². The number of thiophene rings is 1. The topological polar surface area (TPSA) is 47.6 Å². The van der Waals surface area contributed by atoms with Crippen LogP contribution in [0.3, 0.4) is 0 Å². The van der Waals surface area contributed by atoms with Crippen molar-refractivity contribution in [1.29, 1.82) is 0 Å². The number of halogens is 1. The summed E-state index contributed by atoms with van der Waals surface area (Å²) in [5, 5.41) is 5.60.